The zero-order valence-corrected chi connectivity index (χ0v) is 11.8. The molecule has 0 bridgehead atoms. The second-order valence-corrected chi connectivity index (χ2v) is 6.34. The first-order valence-corrected chi connectivity index (χ1v) is 7.76. The largest absolute Gasteiger partial charge is 0.378 e. The van der Waals surface area contributed by atoms with E-state index < -0.39 is 0 Å². The number of nitrogens with one attached hydrogen (secondary N) is 1. The summed E-state index contributed by atoms with van der Waals surface area (Å²) in [6.07, 6.45) is 4.20. The third kappa shape index (κ3) is 6.77. The minimum absolute atomic E-state index is 0.519. The van der Waals surface area contributed by atoms with Gasteiger partial charge in [0, 0.05) is 24.9 Å². The highest BCUT2D eigenvalue weighted by Gasteiger charge is 2.17. The van der Waals surface area contributed by atoms with Gasteiger partial charge in [0.25, 0.3) is 0 Å². The zero-order valence-electron chi connectivity index (χ0n) is 11.0. The predicted molar refractivity (Wildman–Crippen MR) is 73.2 cm³/mol. The van der Waals surface area contributed by atoms with Crippen molar-refractivity contribution in [3.63, 3.8) is 0 Å². The molecule has 1 rings (SSSR count). The normalized spacial score (nSPS) is 22.9. The van der Waals surface area contributed by atoms with Gasteiger partial charge in [0.2, 0.25) is 0 Å². The molecule has 2 unspecified atom stereocenters. The number of thioether (sulfide) groups is 1. The summed E-state index contributed by atoms with van der Waals surface area (Å²) >= 11 is 2.05. The van der Waals surface area contributed by atoms with Gasteiger partial charge in [-0.25, -0.2) is 0 Å². The summed E-state index contributed by atoms with van der Waals surface area (Å²) in [5.41, 5.74) is 0. The molecule has 0 aromatic carbocycles. The minimum Gasteiger partial charge on any atom is -0.378 e. The van der Waals surface area contributed by atoms with Crippen molar-refractivity contribution in [2.45, 2.75) is 52.2 Å². The highest BCUT2D eigenvalue weighted by atomic mass is 32.2. The summed E-state index contributed by atoms with van der Waals surface area (Å²) in [5.74, 6) is 3.32. The molecule has 1 heterocycles. The van der Waals surface area contributed by atoms with Crippen LogP contribution in [-0.4, -0.2) is 36.8 Å². The first-order valence-electron chi connectivity index (χ1n) is 6.61. The van der Waals surface area contributed by atoms with E-state index >= 15 is 0 Å². The van der Waals surface area contributed by atoms with E-state index in [2.05, 4.69) is 37.8 Å². The third-order valence-electron chi connectivity index (χ3n) is 2.83. The number of ether oxygens (including phenoxy) is 1. The van der Waals surface area contributed by atoms with Gasteiger partial charge in [-0.1, -0.05) is 13.8 Å². The van der Waals surface area contributed by atoms with Crippen LogP contribution >= 0.6 is 11.8 Å². The van der Waals surface area contributed by atoms with Crippen molar-refractivity contribution >= 4 is 11.8 Å². The molecule has 0 radical (unpaired) electrons. The molecule has 0 aromatic rings. The van der Waals surface area contributed by atoms with E-state index in [1.807, 2.05) is 0 Å². The highest BCUT2D eigenvalue weighted by Crippen LogP contribution is 2.16. The lowest BCUT2D eigenvalue weighted by Crippen LogP contribution is -2.31. The van der Waals surface area contributed by atoms with Gasteiger partial charge in [0.05, 0.1) is 6.10 Å². The Labute approximate surface area is 105 Å². The molecule has 1 saturated heterocycles. The van der Waals surface area contributed by atoms with Gasteiger partial charge in [0.15, 0.2) is 0 Å². The van der Waals surface area contributed by atoms with Gasteiger partial charge in [-0.3, -0.25) is 0 Å². The van der Waals surface area contributed by atoms with Crippen LogP contribution in [0.3, 0.4) is 0 Å². The standard InChI is InChI=1S/C13H27NOS/c1-11(2)10-16-8-6-14-12(3)9-13-5-4-7-15-13/h11-14H,4-10H2,1-3H3. The van der Waals surface area contributed by atoms with Crippen molar-refractivity contribution in [1.82, 2.24) is 5.32 Å². The Bertz CT molecular complexity index is 169. The van der Waals surface area contributed by atoms with Crippen LogP contribution in [0.1, 0.15) is 40.0 Å². The molecule has 96 valence electrons. The Morgan fingerprint density at radius 1 is 1.38 bits per heavy atom. The van der Waals surface area contributed by atoms with E-state index in [9.17, 15) is 0 Å². The molecule has 0 aromatic heterocycles. The lowest BCUT2D eigenvalue weighted by atomic mass is 10.1. The fraction of sp³-hybridized carbons (Fsp3) is 1.00. The Morgan fingerprint density at radius 2 is 2.19 bits per heavy atom. The van der Waals surface area contributed by atoms with Gasteiger partial charge in [-0.05, 0) is 37.9 Å². The van der Waals surface area contributed by atoms with Crippen LogP contribution in [-0.2, 0) is 4.74 Å². The zero-order chi connectivity index (χ0) is 11.8. The van der Waals surface area contributed by atoms with E-state index in [0.29, 0.717) is 12.1 Å². The van der Waals surface area contributed by atoms with E-state index in [1.54, 1.807) is 0 Å². The Hall–Kier alpha value is 0.270. The molecule has 0 amide bonds. The smallest absolute Gasteiger partial charge is 0.0590 e. The molecule has 3 heteroatoms. The quantitative estimate of drug-likeness (QED) is 0.664. The first kappa shape index (κ1) is 14.3. The Balaban J connectivity index is 1.91. The number of hydrogen-bond acceptors (Lipinski definition) is 3. The molecule has 2 atom stereocenters. The molecular weight excluding hydrogens is 218 g/mol. The fourth-order valence-corrected chi connectivity index (χ4v) is 2.90. The van der Waals surface area contributed by atoms with Crippen LogP contribution < -0.4 is 5.32 Å². The SMILES string of the molecule is CC(C)CSCCNC(C)CC1CCCO1. The maximum atomic E-state index is 5.64. The second-order valence-electron chi connectivity index (χ2n) is 5.19. The van der Waals surface area contributed by atoms with E-state index in [-0.39, 0.29) is 0 Å². The van der Waals surface area contributed by atoms with Crippen molar-refractivity contribution in [1.29, 1.82) is 0 Å². The maximum Gasteiger partial charge on any atom is 0.0590 e. The molecule has 1 aliphatic rings. The fourth-order valence-electron chi connectivity index (χ4n) is 2.00. The number of rotatable bonds is 8. The third-order valence-corrected chi connectivity index (χ3v) is 4.23. The van der Waals surface area contributed by atoms with Crippen LogP contribution in [0.4, 0.5) is 0 Å². The lowest BCUT2D eigenvalue weighted by Gasteiger charge is -2.17. The van der Waals surface area contributed by atoms with Crippen LogP contribution in [0.2, 0.25) is 0 Å². The van der Waals surface area contributed by atoms with Crippen molar-refractivity contribution in [2.24, 2.45) is 5.92 Å². The Morgan fingerprint density at radius 3 is 2.81 bits per heavy atom. The summed E-state index contributed by atoms with van der Waals surface area (Å²) in [7, 11) is 0. The molecule has 0 aliphatic carbocycles. The molecule has 0 spiro atoms. The van der Waals surface area contributed by atoms with Crippen LogP contribution in [0, 0.1) is 5.92 Å². The molecule has 1 fully saturated rings. The Kier molecular flexibility index (Phi) is 7.50. The second kappa shape index (κ2) is 8.37. The summed E-state index contributed by atoms with van der Waals surface area (Å²) in [6.45, 7) is 8.93. The number of hydrogen-bond donors (Lipinski definition) is 1. The van der Waals surface area contributed by atoms with Gasteiger partial charge in [-0.15, -0.1) is 0 Å². The van der Waals surface area contributed by atoms with Crippen molar-refractivity contribution in [3.8, 4) is 0 Å². The predicted octanol–water partition coefficient (Wildman–Crippen LogP) is 2.92. The van der Waals surface area contributed by atoms with E-state index in [1.165, 1.54) is 30.8 Å². The molecule has 1 N–H and O–H groups in total. The molecule has 2 nitrogen and oxygen atoms in total. The van der Waals surface area contributed by atoms with Crippen LogP contribution in [0.25, 0.3) is 0 Å². The monoisotopic (exact) mass is 245 g/mol. The maximum absolute atomic E-state index is 5.64. The average molecular weight is 245 g/mol. The summed E-state index contributed by atoms with van der Waals surface area (Å²) < 4.78 is 5.64. The van der Waals surface area contributed by atoms with Crippen molar-refractivity contribution in [3.05, 3.63) is 0 Å². The molecule has 1 aliphatic heterocycles. The summed E-state index contributed by atoms with van der Waals surface area (Å²) in [4.78, 5) is 0. The average Bonchev–Trinajstić information content (AvgIpc) is 2.69. The van der Waals surface area contributed by atoms with Crippen LogP contribution in [0.5, 0.6) is 0 Å². The van der Waals surface area contributed by atoms with Gasteiger partial charge in [0.1, 0.15) is 0 Å². The van der Waals surface area contributed by atoms with E-state index in [4.69, 9.17) is 4.74 Å². The highest BCUT2D eigenvalue weighted by molar-refractivity contribution is 7.99. The molecule has 0 saturated carbocycles. The van der Waals surface area contributed by atoms with Gasteiger partial charge >= 0.3 is 0 Å². The first-order chi connectivity index (χ1) is 7.68. The molecular formula is C13H27NOS. The van der Waals surface area contributed by atoms with Crippen molar-refractivity contribution < 1.29 is 4.74 Å². The van der Waals surface area contributed by atoms with Crippen molar-refractivity contribution in [2.75, 3.05) is 24.7 Å². The minimum atomic E-state index is 0.519. The topological polar surface area (TPSA) is 21.3 Å². The van der Waals surface area contributed by atoms with E-state index in [0.717, 1.165) is 19.1 Å². The van der Waals surface area contributed by atoms with Gasteiger partial charge < -0.3 is 10.1 Å². The lowest BCUT2D eigenvalue weighted by molar-refractivity contribution is 0.0966. The molecule has 16 heavy (non-hydrogen) atoms. The summed E-state index contributed by atoms with van der Waals surface area (Å²) in [6, 6.07) is 0.600. The van der Waals surface area contributed by atoms with Crippen LogP contribution in [0.15, 0.2) is 0 Å². The van der Waals surface area contributed by atoms with Gasteiger partial charge in [-0.2, -0.15) is 11.8 Å². The summed E-state index contributed by atoms with van der Waals surface area (Å²) in [5, 5.41) is 3.58.